The molecule has 2 heterocycles. The number of fused-ring (bicyclic) bond motifs is 1. The molecule has 2 atom stereocenters. The number of esters is 1. The van der Waals surface area contributed by atoms with Crippen molar-refractivity contribution in [2.45, 2.75) is 70.9 Å². The van der Waals surface area contributed by atoms with Gasteiger partial charge in [-0.05, 0) is 63.3 Å². The highest BCUT2D eigenvalue weighted by Gasteiger charge is 2.28. The molecule has 9 heteroatoms. The Morgan fingerprint density at radius 2 is 2.03 bits per heavy atom. The number of imidazole rings is 1. The van der Waals surface area contributed by atoms with Crippen molar-refractivity contribution in [3.8, 4) is 11.4 Å². The van der Waals surface area contributed by atoms with Crippen molar-refractivity contribution < 1.29 is 19.4 Å². The van der Waals surface area contributed by atoms with Gasteiger partial charge >= 0.3 is 5.97 Å². The minimum atomic E-state index is -0.879. The normalized spacial score (nSPS) is 15.9. The molecule has 0 aliphatic heterocycles. The molecular weight excluding hydrogens is 460 g/mol. The smallest absolute Gasteiger partial charge is 0.326 e. The van der Waals surface area contributed by atoms with Gasteiger partial charge in [0.1, 0.15) is 18.0 Å². The average Bonchev–Trinajstić information content (AvgIpc) is 3.48. The van der Waals surface area contributed by atoms with Crippen molar-refractivity contribution in [3.63, 3.8) is 0 Å². The molecule has 3 aromatic rings. The number of benzene rings is 1. The molecule has 0 spiro atoms. The first-order chi connectivity index (χ1) is 17.3. The molecule has 2 unspecified atom stereocenters. The SMILES string of the molecule is COCCn1c(-c2cc(C)c(=O)n(C)c2)nc2cc(CNC(C(=O)OC3CCCC3)C(C)O)ccc21. The van der Waals surface area contributed by atoms with Gasteiger partial charge in [-0.25, -0.2) is 4.98 Å². The lowest BCUT2D eigenvalue weighted by molar-refractivity contribution is -0.154. The lowest BCUT2D eigenvalue weighted by atomic mass is 10.1. The number of hydrogen-bond donors (Lipinski definition) is 2. The number of nitrogens with one attached hydrogen (secondary N) is 1. The number of carbonyl (C=O) groups is 1. The second-order valence-corrected chi connectivity index (χ2v) is 9.67. The molecule has 0 bridgehead atoms. The van der Waals surface area contributed by atoms with E-state index < -0.39 is 18.1 Å². The molecule has 9 nitrogen and oxygen atoms in total. The minimum Gasteiger partial charge on any atom is -0.461 e. The van der Waals surface area contributed by atoms with Gasteiger partial charge in [-0.15, -0.1) is 0 Å². The van der Waals surface area contributed by atoms with Crippen LogP contribution < -0.4 is 10.9 Å². The maximum absolute atomic E-state index is 12.7. The minimum absolute atomic E-state index is 0.0363. The molecule has 1 aliphatic carbocycles. The lowest BCUT2D eigenvalue weighted by Gasteiger charge is -2.22. The maximum atomic E-state index is 12.7. The van der Waals surface area contributed by atoms with Crippen LogP contribution in [0.3, 0.4) is 0 Å². The van der Waals surface area contributed by atoms with Crippen LogP contribution >= 0.6 is 0 Å². The third-order valence-electron chi connectivity index (χ3n) is 6.80. The summed E-state index contributed by atoms with van der Waals surface area (Å²) in [5.74, 6) is 0.349. The second kappa shape index (κ2) is 11.4. The van der Waals surface area contributed by atoms with Crippen LogP contribution in [0.4, 0.5) is 0 Å². The summed E-state index contributed by atoms with van der Waals surface area (Å²) in [4.78, 5) is 29.8. The first-order valence-corrected chi connectivity index (χ1v) is 12.6. The van der Waals surface area contributed by atoms with E-state index in [-0.39, 0.29) is 11.7 Å². The Balaban J connectivity index is 1.59. The highest BCUT2D eigenvalue weighted by Crippen LogP contribution is 2.26. The van der Waals surface area contributed by atoms with Crippen LogP contribution in [0.2, 0.25) is 0 Å². The third-order valence-corrected chi connectivity index (χ3v) is 6.80. The number of methoxy groups -OCH3 is 1. The van der Waals surface area contributed by atoms with E-state index in [9.17, 15) is 14.7 Å². The van der Waals surface area contributed by atoms with Crippen molar-refractivity contribution in [1.29, 1.82) is 0 Å². The van der Waals surface area contributed by atoms with Gasteiger partial charge < -0.3 is 23.7 Å². The van der Waals surface area contributed by atoms with Crippen LogP contribution in [-0.2, 0) is 34.4 Å². The Morgan fingerprint density at radius 3 is 2.69 bits per heavy atom. The van der Waals surface area contributed by atoms with E-state index in [2.05, 4.69) is 9.88 Å². The molecule has 0 saturated heterocycles. The molecule has 4 rings (SSSR count). The standard InChI is InChI=1S/C27H36N4O5/c1-17-13-20(16-30(3)26(17)33)25-29-22-14-19(9-10-23(22)31(25)11-12-35-4)15-28-24(18(2)32)27(34)36-21-7-5-6-8-21/h9-10,13-14,16,18,21,24,28,32H,5-8,11-12,15H2,1-4H3. The van der Waals surface area contributed by atoms with Gasteiger partial charge in [-0.3, -0.25) is 14.9 Å². The van der Waals surface area contributed by atoms with Crippen LogP contribution in [0.15, 0.2) is 35.3 Å². The average molecular weight is 497 g/mol. The Kier molecular flexibility index (Phi) is 8.23. The highest BCUT2D eigenvalue weighted by molar-refractivity contribution is 5.81. The second-order valence-electron chi connectivity index (χ2n) is 9.67. The first-order valence-electron chi connectivity index (χ1n) is 12.6. The number of aryl methyl sites for hydroxylation is 2. The van der Waals surface area contributed by atoms with Crippen molar-refractivity contribution >= 4 is 17.0 Å². The van der Waals surface area contributed by atoms with E-state index in [1.807, 2.05) is 24.3 Å². The van der Waals surface area contributed by atoms with Crippen molar-refractivity contribution in [1.82, 2.24) is 19.4 Å². The fourth-order valence-corrected chi connectivity index (χ4v) is 4.84. The molecule has 1 saturated carbocycles. The van der Waals surface area contributed by atoms with E-state index in [4.69, 9.17) is 14.5 Å². The van der Waals surface area contributed by atoms with Crippen LogP contribution in [0.25, 0.3) is 22.4 Å². The van der Waals surface area contributed by atoms with Gasteiger partial charge in [0.25, 0.3) is 5.56 Å². The zero-order valence-corrected chi connectivity index (χ0v) is 21.5. The predicted octanol–water partition coefficient (Wildman–Crippen LogP) is 2.68. The molecular formula is C27H36N4O5. The number of rotatable bonds is 10. The zero-order valence-electron chi connectivity index (χ0n) is 21.5. The molecule has 2 N–H and O–H groups in total. The Hall–Kier alpha value is -3.01. The predicted molar refractivity (Wildman–Crippen MR) is 138 cm³/mol. The monoisotopic (exact) mass is 496 g/mol. The van der Waals surface area contributed by atoms with Crippen LogP contribution in [0, 0.1) is 6.92 Å². The number of aromatic nitrogens is 3. The summed E-state index contributed by atoms with van der Waals surface area (Å²) >= 11 is 0. The van der Waals surface area contributed by atoms with Crippen LogP contribution in [-0.4, -0.2) is 57.2 Å². The van der Waals surface area contributed by atoms with E-state index in [0.29, 0.717) is 25.3 Å². The quantitative estimate of drug-likeness (QED) is 0.416. The maximum Gasteiger partial charge on any atom is 0.326 e. The van der Waals surface area contributed by atoms with E-state index in [0.717, 1.165) is 53.7 Å². The van der Waals surface area contributed by atoms with Gasteiger partial charge in [-0.2, -0.15) is 0 Å². The molecule has 194 valence electrons. The summed E-state index contributed by atoms with van der Waals surface area (Å²) < 4.78 is 14.6. The largest absolute Gasteiger partial charge is 0.461 e. The molecule has 1 aliphatic rings. The summed E-state index contributed by atoms with van der Waals surface area (Å²) in [7, 11) is 3.40. The van der Waals surface area contributed by atoms with Crippen LogP contribution in [0.1, 0.15) is 43.7 Å². The van der Waals surface area contributed by atoms with Crippen molar-refractivity contribution in [2.24, 2.45) is 7.05 Å². The number of carbonyl (C=O) groups excluding carboxylic acids is 1. The van der Waals surface area contributed by atoms with E-state index >= 15 is 0 Å². The fraction of sp³-hybridized carbons (Fsp3) is 0.519. The third kappa shape index (κ3) is 5.69. The number of aliphatic hydroxyl groups excluding tert-OH is 1. The molecule has 36 heavy (non-hydrogen) atoms. The summed E-state index contributed by atoms with van der Waals surface area (Å²) in [5.41, 5.74) is 4.15. The lowest BCUT2D eigenvalue weighted by Crippen LogP contribution is -2.46. The van der Waals surface area contributed by atoms with E-state index in [1.165, 1.54) is 0 Å². The zero-order chi connectivity index (χ0) is 25.8. The molecule has 0 amide bonds. The van der Waals surface area contributed by atoms with Crippen LogP contribution in [0.5, 0.6) is 0 Å². The van der Waals surface area contributed by atoms with Gasteiger partial charge in [0.05, 0.1) is 23.7 Å². The topological polar surface area (TPSA) is 108 Å². The van der Waals surface area contributed by atoms with Crippen molar-refractivity contribution in [3.05, 3.63) is 51.9 Å². The highest BCUT2D eigenvalue weighted by atomic mass is 16.5. The summed E-state index contributed by atoms with van der Waals surface area (Å²) in [6.07, 6.45) is 4.79. The Morgan fingerprint density at radius 1 is 1.28 bits per heavy atom. The molecule has 1 fully saturated rings. The van der Waals surface area contributed by atoms with Gasteiger partial charge in [0.15, 0.2) is 0 Å². The molecule has 0 radical (unpaired) electrons. The Bertz CT molecular complexity index is 1250. The summed E-state index contributed by atoms with van der Waals surface area (Å²) in [6.45, 7) is 4.90. The Labute approximate surface area is 211 Å². The molecule has 2 aromatic heterocycles. The van der Waals surface area contributed by atoms with Gasteiger partial charge in [0.2, 0.25) is 0 Å². The number of aliphatic hydroxyl groups is 1. The number of nitrogens with zero attached hydrogens (tertiary/aromatic N) is 3. The van der Waals surface area contributed by atoms with Crippen molar-refractivity contribution in [2.75, 3.05) is 13.7 Å². The fourth-order valence-electron chi connectivity index (χ4n) is 4.84. The molecule has 1 aromatic carbocycles. The van der Waals surface area contributed by atoms with Gasteiger partial charge in [-0.1, -0.05) is 6.07 Å². The number of ether oxygens (including phenoxy) is 2. The van der Waals surface area contributed by atoms with E-state index in [1.54, 1.807) is 38.8 Å². The first kappa shape index (κ1) is 26.1. The number of pyridine rings is 1. The van der Waals surface area contributed by atoms with Gasteiger partial charge in [0, 0.05) is 44.6 Å². The number of hydrogen-bond acceptors (Lipinski definition) is 7. The summed E-state index contributed by atoms with van der Waals surface area (Å²) in [6, 6.07) is 7.02. The summed E-state index contributed by atoms with van der Waals surface area (Å²) in [5, 5.41) is 13.4.